The van der Waals surface area contributed by atoms with Gasteiger partial charge in [0.05, 0.1) is 32.3 Å². The number of methoxy groups -OCH3 is 2. The topological polar surface area (TPSA) is 89.5 Å². The number of hydrogen-bond acceptors (Lipinski definition) is 9. The van der Waals surface area contributed by atoms with Gasteiger partial charge in [0.15, 0.2) is 6.61 Å². The predicted molar refractivity (Wildman–Crippen MR) is 169 cm³/mol. The van der Waals surface area contributed by atoms with Crippen molar-refractivity contribution in [1.82, 2.24) is 24.7 Å². The van der Waals surface area contributed by atoms with Crippen LogP contribution in [0.5, 0.6) is 17.8 Å². The lowest BCUT2D eigenvalue weighted by Crippen LogP contribution is -2.67. The minimum absolute atomic E-state index is 0.000718. The van der Waals surface area contributed by atoms with Crippen LogP contribution < -0.4 is 14.2 Å². The minimum atomic E-state index is -2.68. The highest BCUT2D eigenvalue weighted by Crippen LogP contribution is 2.37. The molecule has 2 aliphatic rings. The van der Waals surface area contributed by atoms with Gasteiger partial charge in [0.25, 0.3) is 6.43 Å². The lowest BCUT2D eigenvalue weighted by atomic mass is 9.81. The Morgan fingerprint density at radius 2 is 1.59 bits per heavy atom. The summed E-state index contributed by atoms with van der Waals surface area (Å²) in [5.74, 6) is 0.334. The van der Waals surface area contributed by atoms with Crippen LogP contribution in [-0.2, 0) is 16.1 Å². The number of aromatic nitrogens is 2. The van der Waals surface area contributed by atoms with Crippen LogP contribution in [0.25, 0.3) is 0 Å². The number of fused-ring (bicyclic) bond motifs is 1. The SMILES string of the molecule is CCOc1nc(OC)c(CN2CC3CN(C(=O)CCOC)CCN3C(C(c3ccccc3)c3ccccc3)C2)c(OCC(F)F)n1. The van der Waals surface area contributed by atoms with E-state index in [0.29, 0.717) is 57.9 Å². The summed E-state index contributed by atoms with van der Waals surface area (Å²) in [5, 5.41) is 0. The molecule has 0 spiro atoms. The second kappa shape index (κ2) is 16.1. The quantitative estimate of drug-likeness (QED) is 0.259. The minimum Gasteiger partial charge on any atom is -0.481 e. The Hall–Kier alpha value is -3.87. The lowest BCUT2D eigenvalue weighted by Gasteiger charge is -2.53. The van der Waals surface area contributed by atoms with Gasteiger partial charge in [-0.1, -0.05) is 60.7 Å². The van der Waals surface area contributed by atoms with E-state index in [9.17, 15) is 13.6 Å². The van der Waals surface area contributed by atoms with Gasteiger partial charge in [-0.15, -0.1) is 0 Å². The van der Waals surface area contributed by atoms with Crippen molar-refractivity contribution in [2.24, 2.45) is 0 Å². The van der Waals surface area contributed by atoms with E-state index in [0.717, 1.165) is 6.54 Å². The van der Waals surface area contributed by atoms with E-state index in [4.69, 9.17) is 18.9 Å². The summed E-state index contributed by atoms with van der Waals surface area (Å²) >= 11 is 0. The third-order valence-electron chi connectivity index (χ3n) is 8.55. The number of nitrogens with zero attached hydrogens (tertiary/aromatic N) is 5. The number of piperazine rings is 2. The zero-order valence-electron chi connectivity index (χ0n) is 26.7. The van der Waals surface area contributed by atoms with Crippen molar-refractivity contribution in [3.8, 4) is 17.8 Å². The summed E-state index contributed by atoms with van der Waals surface area (Å²) in [6.07, 6.45) is -2.35. The van der Waals surface area contributed by atoms with Crippen LogP contribution in [0.3, 0.4) is 0 Å². The largest absolute Gasteiger partial charge is 0.481 e. The number of carbonyl (C=O) groups excluding carboxylic acids is 1. The third kappa shape index (κ3) is 8.09. The van der Waals surface area contributed by atoms with Gasteiger partial charge in [-0.3, -0.25) is 14.6 Å². The van der Waals surface area contributed by atoms with Gasteiger partial charge in [-0.05, 0) is 18.1 Å². The fourth-order valence-electron chi connectivity index (χ4n) is 6.58. The second-order valence-corrected chi connectivity index (χ2v) is 11.5. The van der Waals surface area contributed by atoms with Crippen LogP contribution in [0, 0.1) is 0 Å². The van der Waals surface area contributed by atoms with E-state index in [1.807, 2.05) is 17.0 Å². The summed E-state index contributed by atoms with van der Waals surface area (Å²) in [6.45, 7) is 5.16. The number of halogens is 2. The zero-order valence-corrected chi connectivity index (χ0v) is 26.7. The molecule has 0 N–H and O–H groups in total. The van der Waals surface area contributed by atoms with E-state index < -0.39 is 13.0 Å². The summed E-state index contributed by atoms with van der Waals surface area (Å²) < 4.78 is 48.4. The third-order valence-corrected chi connectivity index (χ3v) is 8.55. The molecule has 2 unspecified atom stereocenters. The first kappa shape index (κ1) is 33.5. The molecule has 2 fully saturated rings. The molecule has 2 aliphatic heterocycles. The first-order valence-corrected chi connectivity index (χ1v) is 15.7. The summed E-state index contributed by atoms with van der Waals surface area (Å²) in [6, 6.07) is 21.0. The Labute approximate surface area is 269 Å². The van der Waals surface area contributed by atoms with Crippen LogP contribution in [-0.4, -0.2) is 116 Å². The van der Waals surface area contributed by atoms with E-state index >= 15 is 0 Å². The van der Waals surface area contributed by atoms with Crippen molar-refractivity contribution in [3.05, 3.63) is 77.4 Å². The van der Waals surface area contributed by atoms with E-state index in [2.05, 4.69) is 68.3 Å². The van der Waals surface area contributed by atoms with Crippen LogP contribution in [0.1, 0.15) is 36.0 Å². The maximum absolute atomic E-state index is 13.3. The molecule has 12 heteroatoms. The van der Waals surface area contributed by atoms with Gasteiger partial charge >= 0.3 is 6.01 Å². The molecule has 10 nitrogen and oxygen atoms in total. The van der Waals surface area contributed by atoms with Crippen molar-refractivity contribution >= 4 is 5.91 Å². The first-order chi connectivity index (χ1) is 22.4. The Morgan fingerprint density at radius 3 is 2.20 bits per heavy atom. The number of benzene rings is 2. The van der Waals surface area contributed by atoms with Crippen molar-refractivity contribution < 1.29 is 32.5 Å². The van der Waals surface area contributed by atoms with E-state index in [-0.39, 0.29) is 41.7 Å². The monoisotopic (exact) mass is 639 g/mol. The second-order valence-electron chi connectivity index (χ2n) is 11.5. The first-order valence-electron chi connectivity index (χ1n) is 15.7. The van der Waals surface area contributed by atoms with E-state index in [1.54, 1.807) is 14.0 Å². The molecular formula is C34H43F2N5O5. The maximum atomic E-state index is 13.3. The predicted octanol–water partition coefficient (Wildman–Crippen LogP) is 4.09. The molecule has 2 aromatic carbocycles. The summed E-state index contributed by atoms with van der Waals surface area (Å²) in [7, 11) is 3.07. The van der Waals surface area contributed by atoms with Gasteiger partial charge in [0, 0.05) is 64.4 Å². The average Bonchev–Trinajstić information content (AvgIpc) is 3.07. The molecule has 2 atom stereocenters. The molecule has 3 aromatic rings. The summed E-state index contributed by atoms with van der Waals surface area (Å²) in [4.78, 5) is 28.6. The normalized spacial score (nSPS) is 18.9. The maximum Gasteiger partial charge on any atom is 0.323 e. The Balaban J connectivity index is 1.52. The van der Waals surface area contributed by atoms with E-state index in [1.165, 1.54) is 18.2 Å². The smallest absolute Gasteiger partial charge is 0.323 e. The lowest BCUT2D eigenvalue weighted by molar-refractivity contribution is -0.137. The van der Waals surface area contributed by atoms with Gasteiger partial charge < -0.3 is 23.8 Å². The number of ether oxygens (including phenoxy) is 4. The van der Waals surface area contributed by atoms with Gasteiger partial charge in [-0.25, -0.2) is 8.78 Å². The Kier molecular flexibility index (Phi) is 11.7. The van der Waals surface area contributed by atoms with Crippen molar-refractivity contribution in [1.29, 1.82) is 0 Å². The summed E-state index contributed by atoms with van der Waals surface area (Å²) in [5.41, 5.74) is 2.86. The number of rotatable bonds is 14. The fourth-order valence-corrected chi connectivity index (χ4v) is 6.58. The molecule has 0 bridgehead atoms. The van der Waals surface area contributed by atoms with Crippen LogP contribution in [0.2, 0.25) is 0 Å². The van der Waals surface area contributed by atoms with Gasteiger partial charge in [-0.2, -0.15) is 9.97 Å². The highest BCUT2D eigenvalue weighted by Gasteiger charge is 2.43. The molecule has 1 aromatic heterocycles. The molecule has 0 aliphatic carbocycles. The number of alkyl halides is 2. The van der Waals surface area contributed by atoms with Gasteiger partial charge in [0.2, 0.25) is 17.7 Å². The number of hydrogen-bond donors (Lipinski definition) is 0. The van der Waals surface area contributed by atoms with Gasteiger partial charge in [0.1, 0.15) is 0 Å². The molecular weight excluding hydrogens is 596 g/mol. The Morgan fingerprint density at radius 1 is 0.913 bits per heavy atom. The number of amides is 1. The van der Waals surface area contributed by atoms with Crippen LogP contribution in [0.15, 0.2) is 60.7 Å². The molecule has 0 saturated carbocycles. The molecule has 248 valence electrons. The standard InChI is InChI=1S/C34H43F2N5O5/c1-4-45-34-37-32(44-3)27(33(38-34)46-23-29(35)36)21-39-19-26-20-40(30(42)15-18-43-2)16-17-41(26)28(22-39)31(24-11-7-5-8-12-24)25-13-9-6-10-14-25/h5-14,26,28-29,31H,4,15-23H2,1-3H3. The number of carbonyl (C=O) groups is 1. The highest BCUT2D eigenvalue weighted by molar-refractivity contribution is 5.76. The van der Waals surface area contributed by atoms with Crippen molar-refractivity contribution in [3.63, 3.8) is 0 Å². The molecule has 1 amide bonds. The zero-order chi connectivity index (χ0) is 32.5. The highest BCUT2D eigenvalue weighted by atomic mass is 19.3. The van der Waals surface area contributed by atoms with Crippen LogP contribution in [0.4, 0.5) is 8.78 Å². The molecule has 46 heavy (non-hydrogen) atoms. The molecule has 5 rings (SSSR count). The van der Waals surface area contributed by atoms with Crippen molar-refractivity contribution in [2.45, 2.75) is 44.3 Å². The van der Waals surface area contributed by atoms with Crippen LogP contribution >= 0.6 is 0 Å². The van der Waals surface area contributed by atoms with Crippen molar-refractivity contribution in [2.75, 3.05) is 66.8 Å². The molecule has 3 heterocycles. The molecule has 0 radical (unpaired) electrons. The Bertz CT molecular complexity index is 1360. The fraction of sp³-hybridized carbons (Fsp3) is 0.500. The molecule has 2 saturated heterocycles. The average molecular weight is 640 g/mol.